The smallest absolute Gasteiger partial charge is 0.280 e. The van der Waals surface area contributed by atoms with Crippen molar-refractivity contribution in [3.8, 4) is 17.5 Å². The number of carbonyl (C=O) groups excluding carboxylic acids is 1. The molecule has 0 saturated heterocycles. The number of anilines is 1. The van der Waals surface area contributed by atoms with Crippen LogP contribution < -0.4 is 10.7 Å². The van der Waals surface area contributed by atoms with Crippen LogP contribution in [0.25, 0.3) is 5.69 Å². The van der Waals surface area contributed by atoms with Gasteiger partial charge in [-0.2, -0.15) is 5.10 Å². The Morgan fingerprint density at radius 1 is 1.06 bits per heavy atom. The van der Waals surface area contributed by atoms with Gasteiger partial charge in [-0.3, -0.25) is 9.59 Å². The van der Waals surface area contributed by atoms with E-state index in [1.165, 1.54) is 22.9 Å². The van der Waals surface area contributed by atoms with Crippen molar-refractivity contribution in [2.24, 2.45) is 0 Å². The quantitative estimate of drug-likeness (QED) is 0.491. The molecule has 4 aromatic rings. The number of para-hydroxylation sites is 1. The standard InChI is InChI=1S/C24H16FN3O2S/c1-16-14-22(29)23(27-28(16)21-10-3-2-9-20(21)25)24(30)26-18-7-4-6-17(15-18)11-12-19-8-5-13-31-19/h2-10,13-15H,1H3,(H,26,30). The van der Waals surface area contributed by atoms with Crippen LogP contribution in [0.15, 0.2) is 76.9 Å². The Hall–Kier alpha value is -4.02. The number of hydrogen-bond donors (Lipinski definition) is 1. The molecule has 0 aliphatic carbocycles. The molecule has 0 radical (unpaired) electrons. The molecule has 0 fully saturated rings. The fourth-order valence-corrected chi connectivity index (χ4v) is 3.49. The number of nitrogens with one attached hydrogen (secondary N) is 1. The van der Waals surface area contributed by atoms with Crippen LogP contribution in [-0.2, 0) is 0 Å². The van der Waals surface area contributed by atoms with Crippen LogP contribution in [0.5, 0.6) is 0 Å². The molecular formula is C24H16FN3O2S. The van der Waals surface area contributed by atoms with Crippen molar-refractivity contribution in [2.45, 2.75) is 6.92 Å². The summed E-state index contributed by atoms with van der Waals surface area (Å²) in [4.78, 5) is 26.1. The molecule has 5 nitrogen and oxygen atoms in total. The van der Waals surface area contributed by atoms with Gasteiger partial charge in [0.1, 0.15) is 11.5 Å². The van der Waals surface area contributed by atoms with Crippen LogP contribution >= 0.6 is 11.3 Å². The first kappa shape index (κ1) is 20.3. The SMILES string of the molecule is Cc1cc(=O)c(C(=O)Nc2cccc(C#Cc3cccs3)c2)nn1-c1ccccc1F. The third kappa shape index (κ3) is 4.60. The van der Waals surface area contributed by atoms with Gasteiger partial charge in [-0.05, 0) is 48.7 Å². The summed E-state index contributed by atoms with van der Waals surface area (Å²) < 4.78 is 15.4. The Bertz CT molecular complexity index is 1380. The maximum Gasteiger partial charge on any atom is 0.280 e. The van der Waals surface area contributed by atoms with Gasteiger partial charge in [0.2, 0.25) is 5.43 Å². The molecule has 31 heavy (non-hydrogen) atoms. The van der Waals surface area contributed by atoms with Gasteiger partial charge in [0, 0.05) is 23.0 Å². The fraction of sp³-hybridized carbons (Fsp3) is 0.0417. The predicted octanol–water partition coefficient (Wildman–Crippen LogP) is 4.39. The molecule has 0 unspecified atom stereocenters. The molecule has 2 aromatic carbocycles. The number of amides is 1. The van der Waals surface area contributed by atoms with Gasteiger partial charge in [-0.25, -0.2) is 9.07 Å². The van der Waals surface area contributed by atoms with Crippen LogP contribution in [0, 0.1) is 24.6 Å². The van der Waals surface area contributed by atoms with Gasteiger partial charge in [-0.15, -0.1) is 11.3 Å². The number of thiophene rings is 1. The van der Waals surface area contributed by atoms with Crippen molar-refractivity contribution < 1.29 is 9.18 Å². The highest BCUT2D eigenvalue weighted by molar-refractivity contribution is 7.10. The molecule has 0 aliphatic rings. The van der Waals surface area contributed by atoms with Crippen molar-refractivity contribution in [1.29, 1.82) is 0 Å². The van der Waals surface area contributed by atoms with Crippen LogP contribution in [0.1, 0.15) is 26.6 Å². The number of halogens is 1. The Morgan fingerprint density at radius 2 is 1.90 bits per heavy atom. The summed E-state index contributed by atoms with van der Waals surface area (Å²) in [6.45, 7) is 1.62. The van der Waals surface area contributed by atoms with Gasteiger partial charge in [0.25, 0.3) is 5.91 Å². The van der Waals surface area contributed by atoms with E-state index in [4.69, 9.17) is 0 Å². The average molecular weight is 429 g/mol. The molecule has 0 spiro atoms. The molecule has 0 atom stereocenters. The second kappa shape index (κ2) is 8.78. The maximum absolute atomic E-state index is 14.2. The Kier molecular flexibility index (Phi) is 5.74. The number of hydrogen-bond acceptors (Lipinski definition) is 4. The largest absolute Gasteiger partial charge is 0.320 e. The Balaban J connectivity index is 1.62. The highest BCUT2D eigenvalue weighted by atomic mass is 32.1. The zero-order chi connectivity index (χ0) is 21.8. The molecule has 4 rings (SSSR count). The molecule has 0 aliphatic heterocycles. The number of aromatic nitrogens is 2. The van der Waals surface area contributed by atoms with Crippen molar-refractivity contribution in [3.05, 3.63) is 110 Å². The average Bonchev–Trinajstić information content (AvgIpc) is 3.27. The van der Waals surface area contributed by atoms with E-state index in [2.05, 4.69) is 22.3 Å². The summed E-state index contributed by atoms with van der Waals surface area (Å²) in [7, 11) is 0. The molecule has 1 amide bonds. The van der Waals surface area contributed by atoms with E-state index in [-0.39, 0.29) is 11.4 Å². The van der Waals surface area contributed by atoms with Gasteiger partial charge in [0.05, 0.1) is 4.88 Å². The van der Waals surface area contributed by atoms with E-state index in [0.29, 0.717) is 16.9 Å². The molecule has 0 saturated carbocycles. The van der Waals surface area contributed by atoms with Crippen molar-refractivity contribution >= 4 is 22.9 Å². The monoisotopic (exact) mass is 429 g/mol. The summed E-state index contributed by atoms with van der Waals surface area (Å²) in [5.74, 6) is 4.91. The molecular weight excluding hydrogens is 413 g/mol. The van der Waals surface area contributed by atoms with Crippen LogP contribution in [-0.4, -0.2) is 15.7 Å². The van der Waals surface area contributed by atoms with Gasteiger partial charge < -0.3 is 5.32 Å². The van der Waals surface area contributed by atoms with Crippen molar-refractivity contribution in [1.82, 2.24) is 9.78 Å². The van der Waals surface area contributed by atoms with E-state index < -0.39 is 17.2 Å². The van der Waals surface area contributed by atoms with Crippen LogP contribution in [0.2, 0.25) is 0 Å². The zero-order valence-electron chi connectivity index (χ0n) is 16.4. The van der Waals surface area contributed by atoms with Gasteiger partial charge in [0.15, 0.2) is 5.69 Å². The van der Waals surface area contributed by atoms with Gasteiger partial charge >= 0.3 is 0 Å². The maximum atomic E-state index is 14.2. The van der Waals surface area contributed by atoms with E-state index in [0.717, 1.165) is 4.88 Å². The molecule has 152 valence electrons. The Labute approximate surface area is 181 Å². The first-order valence-electron chi connectivity index (χ1n) is 9.34. The number of benzene rings is 2. The topological polar surface area (TPSA) is 64.0 Å². The lowest BCUT2D eigenvalue weighted by Gasteiger charge is -2.12. The fourth-order valence-electron chi connectivity index (χ4n) is 2.92. The minimum absolute atomic E-state index is 0.153. The zero-order valence-corrected chi connectivity index (χ0v) is 17.2. The summed E-state index contributed by atoms with van der Waals surface area (Å²) in [6, 6.07) is 18.1. The number of rotatable bonds is 3. The molecule has 2 heterocycles. The molecule has 1 N–H and O–H groups in total. The Morgan fingerprint density at radius 3 is 2.68 bits per heavy atom. The van der Waals surface area contributed by atoms with Crippen molar-refractivity contribution in [2.75, 3.05) is 5.32 Å². The van der Waals surface area contributed by atoms with E-state index in [1.54, 1.807) is 48.6 Å². The third-order valence-corrected chi connectivity index (χ3v) is 5.16. The summed E-state index contributed by atoms with van der Waals surface area (Å²) in [5.41, 5.74) is 0.881. The van der Waals surface area contributed by atoms with E-state index in [1.807, 2.05) is 23.6 Å². The lowest BCUT2D eigenvalue weighted by atomic mass is 10.2. The molecule has 7 heteroatoms. The second-order valence-corrected chi connectivity index (χ2v) is 7.57. The van der Waals surface area contributed by atoms with E-state index >= 15 is 0 Å². The normalized spacial score (nSPS) is 10.3. The minimum atomic E-state index is -0.682. The third-order valence-electron chi connectivity index (χ3n) is 4.37. The summed E-state index contributed by atoms with van der Waals surface area (Å²) in [5, 5.41) is 8.74. The summed E-state index contributed by atoms with van der Waals surface area (Å²) in [6.07, 6.45) is 0. The number of aryl methyl sites for hydroxylation is 1. The molecule has 0 bridgehead atoms. The van der Waals surface area contributed by atoms with Crippen LogP contribution in [0.4, 0.5) is 10.1 Å². The van der Waals surface area contributed by atoms with E-state index in [9.17, 15) is 14.0 Å². The lowest BCUT2D eigenvalue weighted by molar-refractivity contribution is 0.101. The highest BCUT2D eigenvalue weighted by Gasteiger charge is 2.17. The van der Waals surface area contributed by atoms with Crippen molar-refractivity contribution in [3.63, 3.8) is 0 Å². The number of carbonyl (C=O) groups is 1. The first-order chi connectivity index (χ1) is 15.0. The predicted molar refractivity (Wildman–Crippen MR) is 119 cm³/mol. The first-order valence-corrected chi connectivity index (χ1v) is 10.2. The second-order valence-electron chi connectivity index (χ2n) is 6.62. The number of nitrogens with zero attached hydrogens (tertiary/aromatic N) is 2. The van der Waals surface area contributed by atoms with Crippen LogP contribution in [0.3, 0.4) is 0 Å². The summed E-state index contributed by atoms with van der Waals surface area (Å²) >= 11 is 1.54. The van der Waals surface area contributed by atoms with Gasteiger partial charge in [-0.1, -0.05) is 36.1 Å². The minimum Gasteiger partial charge on any atom is -0.320 e. The lowest BCUT2D eigenvalue weighted by Crippen LogP contribution is -2.27. The highest BCUT2D eigenvalue weighted by Crippen LogP contribution is 2.15. The molecule has 2 aromatic heterocycles.